The van der Waals surface area contributed by atoms with E-state index in [1.54, 1.807) is 0 Å². The minimum Gasteiger partial charge on any atom is -0.392 e. The summed E-state index contributed by atoms with van der Waals surface area (Å²) in [5.41, 5.74) is 0. The van der Waals surface area contributed by atoms with Crippen molar-refractivity contribution in [3.8, 4) is 0 Å². The van der Waals surface area contributed by atoms with E-state index < -0.39 is 0 Å². The van der Waals surface area contributed by atoms with Crippen molar-refractivity contribution in [1.29, 1.82) is 0 Å². The summed E-state index contributed by atoms with van der Waals surface area (Å²) in [6.07, 6.45) is 6.80. The van der Waals surface area contributed by atoms with Gasteiger partial charge in [-0.1, -0.05) is 19.8 Å². The molecule has 0 aromatic carbocycles. The summed E-state index contributed by atoms with van der Waals surface area (Å²) in [6.45, 7) is 9.88. The van der Waals surface area contributed by atoms with Crippen LogP contribution in [0.1, 0.15) is 46.0 Å². The molecule has 0 radical (unpaired) electrons. The number of aliphatic hydroxyl groups excluding tert-OH is 1. The van der Waals surface area contributed by atoms with E-state index in [-0.39, 0.29) is 6.10 Å². The van der Waals surface area contributed by atoms with E-state index >= 15 is 0 Å². The predicted octanol–water partition coefficient (Wildman–Crippen LogP) is 1.95. The molecule has 106 valence electrons. The van der Waals surface area contributed by atoms with Crippen molar-refractivity contribution in [2.24, 2.45) is 5.92 Å². The Morgan fingerprint density at radius 1 is 1.22 bits per heavy atom. The molecular weight excluding hydrogens is 224 g/mol. The molecular formula is C15H30N2O. The third-order valence-electron chi connectivity index (χ3n) is 4.65. The molecule has 2 fully saturated rings. The molecule has 1 heterocycles. The van der Waals surface area contributed by atoms with E-state index in [1.165, 1.54) is 51.7 Å². The standard InChI is InChI=1S/C15H30N2O/c1-3-15-12-16(11-14-6-4-5-7-14)8-9-17(15)10-13(2)18/h13-15,18H,3-12H2,1-2H3/t13-,15+/m1/s1. The van der Waals surface area contributed by atoms with Gasteiger partial charge in [-0.2, -0.15) is 0 Å². The van der Waals surface area contributed by atoms with E-state index in [1.807, 2.05) is 6.92 Å². The molecule has 18 heavy (non-hydrogen) atoms. The van der Waals surface area contributed by atoms with Gasteiger partial charge in [0.15, 0.2) is 0 Å². The number of aliphatic hydroxyl groups is 1. The fraction of sp³-hybridized carbons (Fsp3) is 1.00. The molecule has 0 aromatic rings. The molecule has 0 unspecified atom stereocenters. The van der Waals surface area contributed by atoms with Crippen molar-refractivity contribution < 1.29 is 5.11 Å². The molecule has 1 aliphatic carbocycles. The van der Waals surface area contributed by atoms with Crippen LogP contribution in [0, 0.1) is 5.92 Å². The van der Waals surface area contributed by atoms with Crippen LogP contribution in [0.2, 0.25) is 0 Å². The fourth-order valence-electron chi connectivity index (χ4n) is 3.65. The predicted molar refractivity (Wildman–Crippen MR) is 75.7 cm³/mol. The maximum atomic E-state index is 9.56. The van der Waals surface area contributed by atoms with Crippen molar-refractivity contribution >= 4 is 0 Å². The quantitative estimate of drug-likeness (QED) is 0.812. The van der Waals surface area contributed by atoms with Gasteiger partial charge in [-0.15, -0.1) is 0 Å². The fourth-order valence-corrected chi connectivity index (χ4v) is 3.65. The van der Waals surface area contributed by atoms with Crippen molar-refractivity contribution in [2.45, 2.75) is 58.1 Å². The smallest absolute Gasteiger partial charge is 0.0639 e. The summed E-state index contributed by atoms with van der Waals surface area (Å²) in [5, 5.41) is 9.56. The molecule has 1 N–H and O–H groups in total. The number of rotatable bonds is 5. The molecule has 2 rings (SSSR count). The third-order valence-corrected chi connectivity index (χ3v) is 4.65. The highest BCUT2D eigenvalue weighted by atomic mass is 16.3. The zero-order valence-electron chi connectivity index (χ0n) is 12.1. The Kier molecular flexibility index (Phi) is 5.46. The van der Waals surface area contributed by atoms with Crippen molar-refractivity contribution in [2.75, 3.05) is 32.7 Å². The van der Waals surface area contributed by atoms with Gasteiger partial charge in [0, 0.05) is 38.8 Å². The van der Waals surface area contributed by atoms with E-state index in [9.17, 15) is 5.11 Å². The zero-order chi connectivity index (χ0) is 13.0. The average Bonchev–Trinajstić information content (AvgIpc) is 2.83. The highest BCUT2D eigenvalue weighted by molar-refractivity contribution is 4.84. The number of hydrogen-bond donors (Lipinski definition) is 1. The molecule has 1 saturated heterocycles. The summed E-state index contributed by atoms with van der Waals surface area (Å²) < 4.78 is 0. The number of β-amino-alcohol motifs (C(OH)–C–C–N with tert-alkyl or cyclic N) is 1. The van der Waals surface area contributed by atoms with Crippen LogP contribution in [0.3, 0.4) is 0 Å². The minimum atomic E-state index is -0.194. The Labute approximate surface area is 112 Å². The number of piperazine rings is 1. The van der Waals surface area contributed by atoms with Gasteiger partial charge >= 0.3 is 0 Å². The highest BCUT2D eigenvalue weighted by Crippen LogP contribution is 2.26. The first kappa shape index (κ1) is 14.3. The van der Waals surface area contributed by atoms with Gasteiger partial charge in [-0.05, 0) is 32.1 Å². The van der Waals surface area contributed by atoms with E-state index in [0.29, 0.717) is 6.04 Å². The topological polar surface area (TPSA) is 26.7 Å². The van der Waals surface area contributed by atoms with Crippen LogP contribution in [0.25, 0.3) is 0 Å². The Hall–Kier alpha value is -0.120. The van der Waals surface area contributed by atoms with Crippen LogP contribution < -0.4 is 0 Å². The monoisotopic (exact) mass is 254 g/mol. The SMILES string of the molecule is CC[C@H]1CN(CC2CCCC2)CCN1C[C@@H](C)O. The Morgan fingerprint density at radius 2 is 1.94 bits per heavy atom. The van der Waals surface area contributed by atoms with Crippen LogP contribution >= 0.6 is 0 Å². The van der Waals surface area contributed by atoms with Gasteiger partial charge in [-0.25, -0.2) is 0 Å². The molecule has 1 saturated carbocycles. The third kappa shape index (κ3) is 3.94. The highest BCUT2D eigenvalue weighted by Gasteiger charge is 2.28. The molecule has 0 bridgehead atoms. The van der Waals surface area contributed by atoms with Crippen LogP contribution in [0.15, 0.2) is 0 Å². The average molecular weight is 254 g/mol. The van der Waals surface area contributed by atoms with Crippen molar-refractivity contribution in [3.63, 3.8) is 0 Å². The molecule has 0 aromatic heterocycles. The van der Waals surface area contributed by atoms with Crippen LogP contribution in [-0.2, 0) is 0 Å². The second kappa shape index (κ2) is 6.88. The molecule has 0 spiro atoms. The lowest BCUT2D eigenvalue weighted by molar-refractivity contribution is 0.0313. The molecule has 2 atom stereocenters. The summed E-state index contributed by atoms with van der Waals surface area (Å²) in [7, 11) is 0. The summed E-state index contributed by atoms with van der Waals surface area (Å²) in [5.74, 6) is 0.964. The molecule has 3 nitrogen and oxygen atoms in total. The Morgan fingerprint density at radius 3 is 2.56 bits per heavy atom. The second-order valence-electron chi connectivity index (χ2n) is 6.32. The van der Waals surface area contributed by atoms with Gasteiger partial charge in [0.1, 0.15) is 0 Å². The Balaban J connectivity index is 1.79. The molecule has 1 aliphatic heterocycles. The molecule has 2 aliphatic rings. The number of nitrogens with zero attached hydrogens (tertiary/aromatic N) is 2. The van der Waals surface area contributed by atoms with Gasteiger partial charge in [0.2, 0.25) is 0 Å². The lowest BCUT2D eigenvalue weighted by Gasteiger charge is -2.42. The molecule has 3 heteroatoms. The summed E-state index contributed by atoms with van der Waals surface area (Å²) >= 11 is 0. The van der Waals surface area contributed by atoms with Gasteiger partial charge < -0.3 is 10.0 Å². The first-order chi connectivity index (χ1) is 8.69. The van der Waals surface area contributed by atoms with Crippen LogP contribution in [-0.4, -0.2) is 59.8 Å². The lowest BCUT2D eigenvalue weighted by Crippen LogP contribution is -2.55. The van der Waals surface area contributed by atoms with Crippen LogP contribution in [0.5, 0.6) is 0 Å². The summed E-state index contributed by atoms with van der Waals surface area (Å²) in [6, 6.07) is 0.648. The van der Waals surface area contributed by atoms with Crippen LogP contribution in [0.4, 0.5) is 0 Å². The van der Waals surface area contributed by atoms with E-state index in [4.69, 9.17) is 0 Å². The van der Waals surface area contributed by atoms with Crippen molar-refractivity contribution in [3.05, 3.63) is 0 Å². The summed E-state index contributed by atoms with van der Waals surface area (Å²) in [4.78, 5) is 5.15. The van der Waals surface area contributed by atoms with E-state index in [2.05, 4.69) is 16.7 Å². The van der Waals surface area contributed by atoms with Gasteiger partial charge in [-0.3, -0.25) is 4.90 Å². The molecule has 0 amide bonds. The van der Waals surface area contributed by atoms with Gasteiger partial charge in [0.05, 0.1) is 6.10 Å². The zero-order valence-corrected chi connectivity index (χ0v) is 12.1. The maximum Gasteiger partial charge on any atom is 0.0639 e. The van der Waals surface area contributed by atoms with Crippen molar-refractivity contribution in [1.82, 2.24) is 9.80 Å². The number of hydrogen-bond acceptors (Lipinski definition) is 3. The normalized spacial score (nSPS) is 29.8. The lowest BCUT2D eigenvalue weighted by atomic mass is 10.0. The maximum absolute atomic E-state index is 9.56. The second-order valence-corrected chi connectivity index (χ2v) is 6.32. The van der Waals surface area contributed by atoms with Gasteiger partial charge in [0.25, 0.3) is 0 Å². The first-order valence-electron chi connectivity index (χ1n) is 7.83. The first-order valence-corrected chi connectivity index (χ1v) is 7.83. The van der Waals surface area contributed by atoms with E-state index in [0.717, 1.165) is 19.0 Å². The Bertz CT molecular complexity index is 239. The minimum absolute atomic E-state index is 0.194. The largest absolute Gasteiger partial charge is 0.392 e.